The van der Waals surface area contributed by atoms with Crippen LogP contribution in [-0.4, -0.2) is 22.4 Å². The fourth-order valence-electron chi connectivity index (χ4n) is 3.89. The van der Waals surface area contributed by atoms with Crippen molar-refractivity contribution in [2.24, 2.45) is 0 Å². The van der Waals surface area contributed by atoms with Crippen LogP contribution in [0.1, 0.15) is 149 Å². The molecule has 0 saturated carbocycles. The fraction of sp³-hybridized carbons (Fsp3) is 1.00. The highest BCUT2D eigenvalue weighted by Crippen LogP contribution is 2.16. The number of rotatable bonds is 22. The second-order valence-corrected chi connectivity index (χ2v) is 8.72. The van der Waals surface area contributed by atoms with E-state index in [4.69, 9.17) is 0 Å². The molecule has 0 aliphatic heterocycles. The Morgan fingerprint density at radius 2 is 0.593 bits per heavy atom. The number of aliphatic hydroxyl groups is 2. The highest BCUT2D eigenvalue weighted by molar-refractivity contribution is 4.67. The van der Waals surface area contributed by atoms with Gasteiger partial charge in [-0.25, -0.2) is 0 Å². The van der Waals surface area contributed by atoms with Crippen LogP contribution >= 0.6 is 0 Å². The van der Waals surface area contributed by atoms with Gasteiger partial charge in [0.1, 0.15) is 0 Å². The zero-order valence-electron chi connectivity index (χ0n) is 18.9. The Hall–Kier alpha value is -0.0800. The summed E-state index contributed by atoms with van der Waals surface area (Å²) in [6, 6.07) is 0. The largest absolute Gasteiger partial charge is 0.390 e. The summed E-state index contributed by atoms with van der Waals surface area (Å²) in [5, 5.41) is 20.1. The molecule has 0 aliphatic carbocycles. The van der Waals surface area contributed by atoms with Gasteiger partial charge in [-0.2, -0.15) is 0 Å². The van der Waals surface area contributed by atoms with Gasteiger partial charge in [-0.05, 0) is 12.8 Å². The van der Waals surface area contributed by atoms with Crippen molar-refractivity contribution in [1.29, 1.82) is 0 Å². The molecular formula is C25H52O2. The highest BCUT2D eigenvalue weighted by atomic mass is 16.3. The van der Waals surface area contributed by atoms with Crippen molar-refractivity contribution in [3.63, 3.8) is 0 Å². The molecule has 2 atom stereocenters. The van der Waals surface area contributed by atoms with Crippen LogP contribution in [-0.2, 0) is 0 Å². The first-order chi connectivity index (χ1) is 13.2. The third kappa shape index (κ3) is 20.5. The lowest BCUT2D eigenvalue weighted by molar-refractivity contribution is 0.00712. The van der Waals surface area contributed by atoms with Crippen molar-refractivity contribution >= 4 is 0 Å². The third-order valence-electron chi connectivity index (χ3n) is 5.90. The molecule has 0 bridgehead atoms. The first-order valence-electron chi connectivity index (χ1n) is 12.6. The minimum Gasteiger partial charge on any atom is -0.390 e. The Morgan fingerprint density at radius 3 is 0.852 bits per heavy atom. The predicted molar refractivity (Wildman–Crippen MR) is 120 cm³/mol. The lowest BCUT2D eigenvalue weighted by Gasteiger charge is -2.17. The quantitative estimate of drug-likeness (QED) is 0.186. The van der Waals surface area contributed by atoms with E-state index < -0.39 is 12.2 Å². The molecule has 0 spiro atoms. The normalized spacial score (nSPS) is 13.8. The van der Waals surface area contributed by atoms with Gasteiger partial charge in [0.05, 0.1) is 12.2 Å². The Morgan fingerprint density at radius 1 is 0.370 bits per heavy atom. The van der Waals surface area contributed by atoms with Gasteiger partial charge in [0.2, 0.25) is 0 Å². The van der Waals surface area contributed by atoms with Crippen LogP contribution in [0.25, 0.3) is 0 Å². The van der Waals surface area contributed by atoms with Crippen molar-refractivity contribution in [3.8, 4) is 0 Å². The Labute approximate surface area is 171 Å². The van der Waals surface area contributed by atoms with Crippen LogP contribution in [0, 0.1) is 0 Å². The predicted octanol–water partition coefficient (Wildman–Crippen LogP) is 7.94. The SMILES string of the molecule is CCCCCCCCCCCCCCCC(O)C(O)CCCCCCCC. The van der Waals surface area contributed by atoms with Crippen LogP contribution < -0.4 is 0 Å². The number of hydrogen-bond donors (Lipinski definition) is 2. The molecule has 27 heavy (non-hydrogen) atoms. The minimum atomic E-state index is -0.506. The van der Waals surface area contributed by atoms with E-state index >= 15 is 0 Å². The summed E-state index contributed by atoms with van der Waals surface area (Å²) in [7, 11) is 0. The molecule has 0 aliphatic rings. The average Bonchev–Trinajstić information content (AvgIpc) is 2.67. The standard InChI is InChI=1S/C25H52O2/c1-3-5-7-9-11-12-13-14-15-16-17-19-21-23-25(27)24(26)22-20-18-10-8-6-4-2/h24-27H,3-23H2,1-2H3. The molecule has 2 nitrogen and oxygen atoms in total. The van der Waals surface area contributed by atoms with Gasteiger partial charge in [-0.3, -0.25) is 0 Å². The molecule has 2 heteroatoms. The van der Waals surface area contributed by atoms with Gasteiger partial charge in [0.25, 0.3) is 0 Å². The van der Waals surface area contributed by atoms with Crippen molar-refractivity contribution in [2.45, 2.75) is 161 Å². The molecule has 0 heterocycles. The second kappa shape index (κ2) is 22.2. The maximum absolute atomic E-state index is 10.1. The average molecular weight is 385 g/mol. The zero-order chi connectivity index (χ0) is 20.0. The maximum Gasteiger partial charge on any atom is 0.0799 e. The smallest absolute Gasteiger partial charge is 0.0799 e. The van der Waals surface area contributed by atoms with Gasteiger partial charge < -0.3 is 10.2 Å². The van der Waals surface area contributed by atoms with Crippen molar-refractivity contribution in [2.75, 3.05) is 0 Å². The van der Waals surface area contributed by atoms with Crippen LogP contribution in [0.4, 0.5) is 0 Å². The zero-order valence-corrected chi connectivity index (χ0v) is 18.9. The first kappa shape index (κ1) is 26.9. The number of unbranched alkanes of at least 4 members (excludes halogenated alkanes) is 17. The van der Waals surface area contributed by atoms with E-state index in [9.17, 15) is 10.2 Å². The summed E-state index contributed by atoms with van der Waals surface area (Å²) >= 11 is 0. The summed E-state index contributed by atoms with van der Waals surface area (Å²) in [5.41, 5.74) is 0. The van der Waals surface area contributed by atoms with Crippen LogP contribution in [0.15, 0.2) is 0 Å². The van der Waals surface area contributed by atoms with Crippen molar-refractivity contribution < 1.29 is 10.2 Å². The van der Waals surface area contributed by atoms with Gasteiger partial charge in [-0.15, -0.1) is 0 Å². The monoisotopic (exact) mass is 384 g/mol. The molecule has 0 aromatic carbocycles. The molecule has 0 rings (SSSR count). The molecular weight excluding hydrogens is 332 g/mol. The topological polar surface area (TPSA) is 40.5 Å². The molecule has 0 amide bonds. The fourth-order valence-corrected chi connectivity index (χ4v) is 3.89. The number of hydrogen-bond acceptors (Lipinski definition) is 2. The van der Waals surface area contributed by atoms with E-state index in [2.05, 4.69) is 13.8 Å². The summed E-state index contributed by atoms with van der Waals surface area (Å²) < 4.78 is 0. The molecule has 2 N–H and O–H groups in total. The molecule has 0 aromatic rings. The molecule has 2 unspecified atom stereocenters. The minimum absolute atomic E-state index is 0.506. The lowest BCUT2D eigenvalue weighted by Crippen LogP contribution is -2.25. The summed E-state index contributed by atoms with van der Waals surface area (Å²) in [5.74, 6) is 0. The van der Waals surface area contributed by atoms with E-state index in [0.717, 1.165) is 25.7 Å². The van der Waals surface area contributed by atoms with E-state index in [0.29, 0.717) is 0 Å². The molecule has 0 fully saturated rings. The summed E-state index contributed by atoms with van der Waals surface area (Å²) in [6.07, 6.45) is 25.5. The van der Waals surface area contributed by atoms with Crippen molar-refractivity contribution in [3.05, 3.63) is 0 Å². The number of aliphatic hydroxyl groups excluding tert-OH is 2. The van der Waals surface area contributed by atoms with Crippen LogP contribution in [0.3, 0.4) is 0 Å². The van der Waals surface area contributed by atoms with E-state index in [1.165, 1.54) is 109 Å². The van der Waals surface area contributed by atoms with Gasteiger partial charge >= 0.3 is 0 Å². The van der Waals surface area contributed by atoms with E-state index in [1.807, 2.05) is 0 Å². The van der Waals surface area contributed by atoms with Crippen molar-refractivity contribution in [1.82, 2.24) is 0 Å². The molecule has 164 valence electrons. The Balaban J connectivity index is 3.27. The molecule has 0 saturated heterocycles. The van der Waals surface area contributed by atoms with Crippen LogP contribution in [0.5, 0.6) is 0 Å². The van der Waals surface area contributed by atoms with Gasteiger partial charge in [-0.1, -0.05) is 136 Å². The highest BCUT2D eigenvalue weighted by Gasteiger charge is 2.15. The molecule has 0 aromatic heterocycles. The maximum atomic E-state index is 10.1. The third-order valence-corrected chi connectivity index (χ3v) is 5.90. The van der Waals surface area contributed by atoms with Gasteiger partial charge in [0, 0.05) is 0 Å². The van der Waals surface area contributed by atoms with E-state index in [-0.39, 0.29) is 0 Å². The van der Waals surface area contributed by atoms with Crippen LogP contribution in [0.2, 0.25) is 0 Å². The molecule has 0 radical (unpaired) electrons. The first-order valence-corrected chi connectivity index (χ1v) is 12.6. The summed E-state index contributed by atoms with van der Waals surface area (Å²) in [6.45, 7) is 4.51. The lowest BCUT2D eigenvalue weighted by atomic mass is 9.99. The van der Waals surface area contributed by atoms with Gasteiger partial charge in [0.15, 0.2) is 0 Å². The second-order valence-electron chi connectivity index (χ2n) is 8.72. The Bertz CT molecular complexity index is 267. The Kier molecular flexibility index (Phi) is 22.1. The summed E-state index contributed by atoms with van der Waals surface area (Å²) in [4.78, 5) is 0. The van der Waals surface area contributed by atoms with E-state index in [1.54, 1.807) is 0 Å².